The third kappa shape index (κ3) is 45.3. The van der Waals surface area contributed by atoms with Gasteiger partial charge in [0.25, 0.3) is 0 Å². The number of allylic oxidation sites excluding steroid dienone is 2. The summed E-state index contributed by atoms with van der Waals surface area (Å²) in [7, 11) is 1.62. The van der Waals surface area contributed by atoms with Crippen molar-refractivity contribution in [2.45, 2.75) is 270 Å². The smallest absolute Gasteiger partial charge is 0.391 e. The number of aliphatic hydroxyl groups is 1. The number of hydrogen-bond acceptors (Lipinski definition) is 5. The van der Waals surface area contributed by atoms with Gasteiger partial charge in [0.1, 0.15) is 13.2 Å². The fourth-order valence-electron chi connectivity index (χ4n) is 7.87. The van der Waals surface area contributed by atoms with Crippen molar-refractivity contribution in [3.8, 4) is 0 Å². The molecule has 60 heavy (non-hydrogen) atoms. The van der Waals surface area contributed by atoms with E-state index in [0.29, 0.717) is 23.9 Å². The topological polar surface area (TPSA) is 105 Å². The monoisotopic (exact) mass is 872 g/mol. The zero-order valence-corrected chi connectivity index (χ0v) is 41.6. The van der Waals surface area contributed by atoms with Crippen LogP contribution < -0.4 is 5.32 Å². The SMILES string of the molecule is CCCCCC/C=C\CCCCCCCCCC(=O)NC(COP(=O)(O)OCC[N+](C)(C)C)C(O)CCCCCCCCCCCCCCCCCCCCCCCCC. The van der Waals surface area contributed by atoms with E-state index in [1.54, 1.807) is 0 Å². The van der Waals surface area contributed by atoms with Crippen molar-refractivity contribution in [3.63, 3.8) is 0 Å². The molecule has 0 saturated heterocycles. The molecule has 0 aliphatic heterocycles. The zero-order chi connectivity index (χ0) is 44.3. The molecule has 9 heteroatoms. The maximum absolute atomic E-state index is 12.9. The number of nitrogens with one attached hydrogen (secondary N) is 1. The van der Waals surface area contributed by atoms with Crippen LogP contribution in [0.1, 0.15) is 258 Å². The molecule has 0 fully saturated rings. The Morgan fingerprint density at radius 3 is 1.30 bits per heavy atom. The van der Waals surface area contributed by atoms with E-state index in [2.05, 4.69) is 31.3 Å². The number of hydrogen-bond donors (Lipinski definition) is 3. The molecule has 8 nitrogen and oxygen atoms in total. The van der Waals surface area contributed by atoms with E-state index in [4.69, 9.17) is 9.05 Å². The quantitative estimate of drug-likeness (QED) is 0.0243. The van der Waals surface area contributed by atoms with Crippen molar-refractivity contribution in [2.24, 2.45) is 0 Å². The highest BCUT2D eigenvalue weighted by Crippen LogP contribution is 2.43. The molecule has 3 N–H and O–H groups in total. The summed E-state index contributed by atoms with van der Waals surface area (Å²) in [5.41, 5.74) is 0. The summed E-state index contributed by atoms with van der Waals surface area (Å²) in [4.78, 5) is 23.2. The number of nitrogens with zero attached hydrogens (tertiary/aromatic N) is 1. The van der Waals surface area contributed by atoms with Crippen LogP contribution in [-0.4, -0.2) is 73.4 Å². The van der Waals surface area contributed by atoms with Gasteiger partial charge in [0, 0.05) is 6.42 Å². The molecule has 0 aliphatic rings. The first-order valence-electron chi connectivity index (χ1n) is 26.1. The Balaban J connectivity index is 4.19. The van der Waals surface area contributed by atoms with Gasteiger partial charge in [0.2, 0.25) is 5.91 Å². The lowest BCUT2D eigenvalue weighted by Crippen LogP contribution is -2.46. The highest BCUT2D eigenvalue weighted by atomic mass is 31.2. The molecule has 0 radical (unpaired) electrons. The van der Waals surface area contributed by atoms with Crippen LogP contribution in [0.15, 0.2) is 12.2 Å². The summed E-state index contributed by atoms with van der Waals surface area (Å²) in [6.07, 6.45) is 51.1. The maximum Gasteiger partial charge on any atom is 0.472 e. The second kappa shape index (κ2) is 43.5. The van der Waals surface area contributed by atoms with Crippen LogP contribution in [0.25, 0.3) is 0 Å². The number of unbranched alkanes of at least 4 members (excludes halogenated alkanes) is 33. The summed E-state index contributed by atoms with van der Waals surface area (Å²) in [6.45, 7) is 4.90. The Bertz CT molecular complexity index is 989. The lowest BCUT2D eigenvalue weighted by atomic mass is 10.0. The van der Waals surface area contributed by atoms with Gasteiger partial charge in [-0.3, -0.25) is 13.8 Å². The van der Waals surface area contributed by atoms with Crippen LogP contribution in [0.4, 0.5) is 0 Å². The van der Waals surface area contributed by atoms with Crippen molar-refractivity contribution in [2.75, 3.05) is 40.9 Å². The van der Waals surface area contributed by atoms with E-state index in [1.807, 2.05) is 21.1 Å². The van der Waals surface area contributed by atoms with Gasteiger partial charge in [-0.25, -0.2) is 4.57 Å². The molecule has 0 aromatic rings. The molecule has 3 unspecified atom stereocenters. The van der Waals surface area contributed by atoms with Crippen LogP contribution in [0.3, 0.4) is 0 Å². The lowest BCUT2D eigenvalue weighted by Gasteiger charge is -2.26. The van der Waals surface area contributed by atoms with Crippen molar-refractivity contribution in [1.29, 1.82) is 0 Å². The van der Waals surface area contributed by atoms with Gasteiger partial charge in [0.15, 0.2) is 0 Å². The third-order valence-electron chi connectivity index (χ3n) is 12.0. The fraction of sp³-hybridized carbons (Fsp3) is 0.941. The minimum absolute atomic E-state index is 0.0760. The molecule has 0 saturated carbocycles. The highest BCUT2D eigenvalue weighted by molar-refractivity contribution is 7.47. The molecule has 0 aromatic carbocycles. The first-order valence-corrected chi connectivity index (χ1v) is 27.5. The van der Waals surface area contributed by atoms with Crippen molar-refractivity contribution in [1.82, 2.24) is 5.32 Å². The molecule has 358 valence electrons. The fourth-order valence-corrected chi connectivity index (χ4v) is 8.60. The van der Waals surface area contributed by atoms with E-state index in [0.717, 1.165) is 38.5 Å². The van der Waals surface area contributed by atoms with Crippen LogP contribution in [0.5, 0.6) is 0 Å². The molecule has 3 atom stereocenters. The van der Waals surface area contributed by atoms with Crippen LogP contribution in [0.2, 0.25) is 0 Å². The average molecular weight is 872 g/mol. The number of carbonyl (C=O) groups is 1. The second-order valence-electron chi connectivity index (χ2n) is 19.3. The van der Waals surface area contributed by atoms with Crippen LogP contribution in [0, 0.1) is 0 Å². The minimum Gasteiger partial charge on any atom is -0.391 e. The van der Waals surface area contributed by atoms with E-state index < -0.39 is 20.0 Å². The number of phosphoric acid groups is 1. The number of amides is 1. The minimum atomic E-state index is -4.32. The van der Waals surface area contributed by atoms with E-state index in [1.165, 1.54) is 193 Å². The highest BCUT2D eigenvalue weighted by Gasteiger charge is 2.28. The molecule has 0 aromatic heterocycles. The van der Waals surface area contributed by atoms with Gasteiger partial charge in [0.05, 0.1) is 39.9 Å². The maximum atomic E-state index is 12.9. The summed E-state index contributed by atoms with van der Waals surface area (Å²) >= 11 is 0. The molecule has 0 rings (SSSR count). The van der Waals surface area contributed by atoms with Gasteiger partial charge in [-0.2, -0.15) is 0 Å². The normalized spacial score (nSPS) is 14.2. The first-order chi connectivity index (χ1) is 29.0. The van der Waals surface area contributed by atoms with Gasteiger partial charge >= 0.3 is 7.82 Å². The Morgan fingerprint density at radius 2 is 0.900 bits per heavy atom. The van der Waals surface area contributed by atoms with E-state index in [9.17, 15) is 19.4 Å². The standard InChI is InChI=1S/C51H103N2O6P/c1-6-8-10-12-14-16-18-20-22-23-24-25-26-27-28-29-31-32-34-36-38-40-42-44-50(54)49(48-59-60(56,57)58-47-46-53(3,4)5)52-51(55)45-43-41-39-37-35-33-30-21-19-17-15-13-11-9-7-2/h17,19,49-50,54H,6-16,18,20-48H2,1-5H3,(H-,52,55,56,57)/p+1/b19-17-. The zero-order valence-electron chi connectivity index (χ0n) is 40.7. The van der Waals surface area contributed by atoms with Crippen LogP contribution >= 0.6 is 7.82 Å². The third-order valence-corrected chi connectivity index (χ3v) is 13.0. The largest absolute Gasteiger partial charge is 0.472 e. The van der Waals surface area contributed by atoms with Crippen molar-refractivity contribution >= 4 is 13.7 Å². The van der Waals surface area contributed by atoms with Crippen LogP contribution in [-0.2, 0) is 18.4 Å². The van der Waals surface area contributed by atoms with Gasteiger partial charge in [-0.15, -0.1) is 0 Å². The second-order valence-corrected chi connectivity index (χ2v) is 20.7. The van der Waals surface area contributed by atoms with Gasteiger partial charge < -0.3 is 19.8 Å². The molecule has 0 bridgehead atoms. The number of quaternary nitrogens is 1. The number of likely N-dealkylation sites (N-methyl/N-ethyl adjacent to an activating group) is 1. The number of phosphoric ester groups is 1. The Kier molecular flexibility index (Phi) is 42.9. The summed E-state index contributed by atoms with van der Waals surface area (Å²) in [5, 5.41) is 14.0. The first kappa shape index (κ1) is 59.2. The lowest BCUT2D eigenvalue weighted by molar-refractivity contribution is -0.870. The molecular formula is C51H104N2O6P+. The number of rotatable bonds is 48. The van der Waals surface area contributed by atoms with Crippen molar-refractivity contribution < 1.29 is 32.9 Å². The van der Waals surface area contributed by atoms with Gasteiger partial charge in [-0.05, 0) is 38.5 Å². The molecule has 1 amide bonds. The van der Waals surface area contributed by atoms with Gasteiger partial charge in [-0.1, -0.05) is 225 Å². The molecule has 0 aliphatic carbocycles. The molecular weight excluding hydrogens is 768 g/mol. The summed E-state index contributed by atoms with van der Waals surface area (Å²) in [5.74, 6) is -0.146. The predicted octanol–water partition coefficient (Wildman–Crippen LogP) is 15.1. The molecule has 0 spiro atoms. The van der Waals surface area contributed by atoms with Crippen molar-refractivity contribution in [3.05, 3.63) is 12.2 Å². The summed E-state index contributed by atoms with van der Waals surface area (Å²) < 4.78 is 23.7. The summed E-state index contributed by atoms with van der Waals surface area (Å²) in [6, 6.07) is -0.759. The van der Waals surface area contributed by atoms with E-state index in [-0.39, 0.29) is 19.1 Å². The predicted molar refractivity (Wildman–Crippen MR) is 259 cm³/mol. The average Bonchev–Trinajstić information content (AvgIpc) is 3.20. The Hall–Kier alpha value is -0.760. The Morgan fingerprint density at radius 1 is 0.550 bits per heavy atom. The number of aliphatic hydroxyl groups excluding tert-OH is 1. The molecule has 0 heterocycles. The van der Waals surface area contributed by atoms with E-state index >= 15 is 0 Å². The number of carbonyl (C=O) groups excluding carboxylic acids is 1. The Labute approximate surface area is 373 Å².